The van der Waals surface area contributed by atoms with Gasteiger partial charge < -0.3 is 9.80 Å². The Kier molecular flexibility index (Phi) is 6.18. The van der Waals surface area contributed by atoms with Crippen LogP contribution in [0.15, 0.2) is 57.9 Å². The highest BCUT2D eigenvalue weighted by atomic mass is 79.9. The van der Waals surface area contributed by atoms with Crippen LogP contribution < -0.4 is 4.72 Å². The van der Waals surface area contributed by atoms with E-state index in [1.807, 2.05) is 0 Å². The van der Waals surface area contributed by atoms with Gasteiger partial charge in [-0.2, -0.15) is 0 Å². The Labute approximate surface area is 168 Å². The Bertz CT molecular complexity index is 908. The number of amides is 1. The van der Waals surface area contributed by atoms with Gasteiger partial charge in [-0.25, -0.2) is 8.42 Å². The number of likely N-dealkylation sites (N-methyl/N-ethyl adjacent to an activating group) is 1. The van der Waals surface area contributed by atoms with E-state index in [-0.39, 0.29) is 10.8 Å². The SMILES string of the molecule is CCN1CCN(C(=O)c2cccc(S(=O)(=O)Nc3ccc(Br)cc3)c2)CC1. The molecule has 0 aromatic heterocycles. The van der Waals surface area contributed by atoms with E-state index in [9.17, 15) is 13.2 Å². The standard InChI is InChI=1S/C19H22BrN3O3S/c1-2-22-10-12-23(13-11-22)19(24)15-4-3-5-18(14-15)27(25,26)21-17-8-6-16(20)7-9-17/h3-9,14,21H,2,10-13H2,1H3. The second kappa shape index (κ2) is 8.41. The first-order valence-electron chi connectivity index (χ1n) is 8.79. The molecule has 0 radical (unpaired) electrons. The van der Waals surface area contributed by atoms with Crippen LogP contribution >= 0.6 is 15.9 Å². The monoisotopic (exact) mass is 451 g/mol. The lowest BCUT2D eigenvalue weighted by Gasteiger charge is -2.34. The summed E-state index contributed by atoms with van der Waals surface area (Å²) in [6.07, 6.45) is 0. The molecular formula is C19H22BrN3O3S. The van der Waals surface area contributed by atoms with Gasteiger partial charge in [0.05, 0.1) is 4.90 Å². The molecule has 6 nitrogen and oxygen atoms in total. The van der Waals surface area contributed by atoms with E-state index in [0.29, 0.717) is 24.3 Å². The third-order valence-corrected chi connectivity index (χ3v) is 6.50. The van der Waals surface area contributed by atoms with Crippen molar-refractivity contribution in [3.05, 3.63) is 58.6 Å². The van der Waals surface area contributed by atoms with Crippen LogP contribution in [0.1, 0.15) is 17.3 Å². The van der Waals surface area contributed by atoms with Crippen molar-refractivity contribution in [3.8, 4) is 0 Å². The molecule has 27 heavy (non-hydrogen) atoms. The van der Waals surface area contributed by atoms with E-state index in [2.05, 4.69) is 32.5 Å². The average Bonchev–Trinajstić information content (AvgIpc) is 2.69. The molecule has 0 aliphatic carbocycles. The minimum atomic E-state index is -3.77. The van der Waals surface area contributed by atoms with E-state index in [4.69, 9.17) is 0 Å². The zero-order valence-corrected chi connectivity index (χ0v) is 17.5. The Morgan fingerprint density at radius 2 is 1.74 bits per heavy atom. The smallest absolute Gasteiger partial charge is 0.261 e. The maximum absolute atomic E-state index is 12.8. The first-order valence-corrected chi connectivity index (χ1v) is 11.1. The summed E-state index contributed by atoms with van der Waals surface area (Å²) >= 11 is 3.32. The molecule has 0 spiro atoms. The van der Waals surface area contributed by atoms with Gasteiger partial charge in [-0.3, -0.25) is 9.52 Å². The number of anilines is 1. The zero-order chi connectivity index (χ0) is 19.4. The summed E-state index contributed by atoms with van der Waals surface area (Å²) in [6.45, 7) is 6.06. The predicted octanol–water partition coefficient (Wildman–Crippen LogP) is 3.03. The molecule has 0 atom stereocenters. The second-order valence-electron chi connectivity index (χ2n) is 6.37. The number of nitrogens with zero attached hydrogens (tertiary/aromatic N) is 2. The number of piperazine rings is 1. The molecule has 1 fully saturated rings. The Balaban J connectivity index is 1.76. The molecule has 1 saturated heterocycles. The molecule has 2 aromatic carbocycles. The summed E-state index contributed by atoms with van der Waals surface area (Å²) in [5, 5.41) is 0. The molecule has 1 aliphatic heterocycles. The molecule has 3 rings (SSSR count). The van der Waals surface area contributed by atoms with Gasteiger partial charge in [-0.05, 0) is 49.0 Å². The molecule has 2 aromatic rings. The van der Waals surface area contributed by atoms with Crippen LogP contribution in [0.4, 0.5) is 5.69 Å². The van der Waals surface area contributed by atoms with Gasteiger partial charge >= 0.3 is 0 Å². The molecule has 1 N–H and O–H groups in total. The van der Waals surface area contributed by atoms with E-state index < -0.39 is 10.0 Å². The van der Waals surface area contributed by atoms with Crippen LogP contribution in [-0.2, 0) is 10.0 Å². The average molecular weight is 452 g/mol. The highest BCUT2D eigenvalue weighted by Gasteiger charge is 2.23. The van der Waals surface area contributed by atoms with Crippen LogP contribution in [0.25, 0.3) is 0 Å². The van der Waals surface area contributed by atoms with Gasteiger partial charge in [-0.1, -0.05) is 28.9 Å². The van der Waals surface area contributed by atoms with Crippen molar-refractivity contribution in [2.45, 2.75) is 11.8 Å². The Hall–Kier alpha value is -1.90. The number of hydrogen-bond donors (Lipinski definition) is 1. The van der Waals surface area contributed by atoms with E-state index in [1.54, 1.807) is 41.3 Å². The molecule has 0 bridgehead atoms. The number of hydrogen-bond acceptors (Lipinski definition) is 4. The highest BCUT2D eigenvalue weighted by Crippen LogP contribution is 2.20. The zero-order valence-electron chi connectivity index (χ0n) is 15.1. The lowest BCUT2D eigenvalue weighted by Crippen LogP contribution is -2.48. The molecule has 144 valence electrons. The lowest BCUT2D eigenvalue weighted by molar-refractivity contribution is 0.0643. The maximum Gasteiger partial charge on any atom is 0.261 e. The van der Waals surface area contributed by atoms with Crippen molar-refractivity contribution in [3.63, 3.8) is 0 Å². The number of benzene rings is 2. The third kappa shape index (κ3) is 4.88. The van der Waals surface area contributed by atoms with Crippen LogP contribution in [0.5, 0.6) is 0 Å². The highest BCUT2D eigenvalue weighted by molar-refractivity contribution is 9.10. The van der Waals surface area contributed by atoms with Crippen molar-refractivity contribution in [1.29, 1.82) is 0 Å². The summed E-state index contributed by atoms with van der Waals surface area (Å²) in [5.41, 5.74) is 0.851. The van der Waals surface area contributed by atoms with Gasteiger partial charge in [0.1, 0.15) is 0 Å². The maximum atomic E-state index is 12.8. The molecule has 1 amide bonds. The second-order valence-corrected chi connectivity index (χ2v) is 8.96. The number of nitrogens with one attached hydrogen (secondary N) is 1. The number of rotatable bonds is 5. The van der Waals surface area contributed by atoms with Gasteiger partial charge in [0.2, 0.25) is 0 Å². The first kappa shape index (κ1) is 19.9. The van der Waals surface area contributed by atoms with Crippen molar-refractivity contribution in [2.75, 3.05) is 37.4 Å². The fourth-order valence-corrected chi connectivity index (χ4v) is 4.35. The van der Waals surface area contributed by atoms with Crippen molar-refractivity contribution in [2.24, 2.45) is 0 Å². The summed E-state index contributed by atoms with van der Waals surface area (Å²) in [7, 11) is -3.77. The normalized spacial score (nSPS) is 15.6. The van der Waals surface area contributed by atoms with Crippen molar-refractivity contribution < 1.29 is 13.2 Å². The summed E-state index contributed by atoms with van der Waals surface area (Å²) in [6, 6.07) is 13.1. The quantitative estimate of drug-likeness (QED) is 0.758. The number of halogens is 1. The van der Waals surface area contributed by atoms with Crippen LogP contribution in [0.2, 0.25) is 0 Å². The molecule has 1 aliphatic rings. The summed E-state index contributed by atoms with van der Waals surface area (Å²) < 4.78 is 28.7. The molecule has 0 saturated carbocycles. The lowest BCUT2D eigenvalue weighted by atomic mass is 10.2. The van der Waals surface area contributed by atoms with Crippen molar-refractivity contribution >= 4 is 37.5 Å². The van der Waals surface area contributed by atoms with Gasteiger partial charge in [0.15, 0.2) is 0 Å². The molecule has 0 unspecified atom stereocenters. The third-order valence-electron chi connectivity index (χ3n) is 4.59. The van der Waals surface area contributed by atoms with Crippen LogP contribution in [0, 0.1) is 0 Å². The van der Waals surface area contributed by atoms with Gasteiger partial charge in [0, 0.05) is 41.9 Å². The van der Waals surface area contributed by atoms with E-state index in [1.165, 1.54) is 12.1 Å². The summed E-state index contributed by atoms with van der Waals surface area (Å²) in [5.74, 6) is -0.133. The fraction of sp³-hybridized carbons (Fsp3) is 0.316. The minimum absolute atomic E-state index is 0.0727. The molecular weight excluding hydrogens is 430 g/mol. The van der Waals surface area contributed by atoms with Crippen LogP contribution in [0.3, 0.4) is 0 Å². The fourth-order valence-electron chi connectivity index (χ4n) is 2.98. The minimum Gasteiger partial charge on any atom is -0.336 e. The van der Waals surface area contributed by atoms with Gasteiger partial charge in [0.25, 0.3) is 15.9 Å². The van der Waals surface area contributed by atoms with E-state index >= 15 is 0 Å². The Morgan fingerprint density at radius 3 is 2.37 bits per heavy atom. The van der Waals surface area contributed by atoms with E-state index in [0.717, 1.165) is 24.1 Å². The predicted molar refractivity (Wildman–Crippen MR) is 109 cm³/mol. The molecule has 1 heterocycles. The molecule has 8 heteroatoms. The first-order chi connectivity index (χ1) is 12.9. The van der Waals surface area contributed by atoms with Crippen LogP contribution in [-0.4, -0.2) is 56.8 Å². The topological polar surface area (TPSA) is 69.7 Å². The van der Waals surface area contributed by atoms with Crippen molar-refractivity contribution in [1.82, 2.24) is 9.80 Å². The number of carbonyl (C=O) groups is 1. The largest absolute Gasteiger partial charge is 0.336 e. The number of sulfonamides is 1. The summed E-state index contributed by atoms with van der Waals surface area (Å²) in [4.78, 5) is 16.9. The van der Waals surface area contributed by atoms with Gasteiger partial charge in [-0.15, -0.1) is 0 Å². The Morgan fingerprint density at radius 1 is 1.07 bits per heavy atom. The number of carbonyl (C=O) groups excluding carboxylic acids is 1.